The van der Waals surface area contributed by atoms with Gasteiger partial charge in [0.15, 0.2) is 15.7 Å². The number of hydrogen-bond acceptors (Lipinski definition) is 5. The molecule has 7 nitrogen and oxygen atoms in total. The third kappa shape index (κ3) is 4.85. The summed E-state index contributed by atoms with van der Waals surface area (Å²) in [7, 11) is -3.43. The van der Waals surface area contributed by atoms with E-state index in [1.807, 2.05) is 12.1 Å². The van der Waals surface area contributed by atoms with Gasteiger partial charge < -0.3 is 5.32 Å². The van der Waals surface area contributed by atoms with Crippen LogP contribution >= 0.6 is 0 Å². The lowest BCUT2D eigenvalue weighted by Gasteiger charge is -2.08. The Labute approximate surface area is 191 Å². The molecule has 166 valence electrons. The second kappa shape index (κ2) is 8.63. The number of sulfone groups is 1. The van der Waals surface area contributed by atoms with Gasteiger partial charge >= 0.3 is 0 Å². The van der Waals surface area contributed by atoms with Crippen LogP contribution in [0, 0.1) is 0 Å². The quantitative estimate of drug-likeness (QED) is 0.422. The summed E-state index contributed by atoms with van der Waals surface area (Å²) < 4.78 is 25.1. The van der Waals surface area contributed by atoms with E-state index in [0.717, 1.165) is 24.2 Å². The van der Waals surface area contributed by atoms with Crippen molar-refractivity contribution in [3.8, 4) is 11.4 Å². The third-order valence-corrected chi connectivity index (χ3v) is 7.25. The number of hydrogen-bond donors (Lipinski definition) is 2. The summed E-state index contributed by atoms with van der Waals surface area (Å²) in [5, 5.41) is 10.1. The lowest BCUT2D eigenvalue weighted by atomic mass is 10.1. The Kier molecular flexibility index (Phi) is 5.51. The van der Waals surface area contributed by atoms with Crippen molar-refractivity contribution in [2.75, 3.05) is 5.32 Å². The molecule has 1 fully saturated rings. The van der Waals surface area contributed by atoms with Gasteiger partial charge in [-0.1, -0.05) is 30.3 Å². The van der Waals surface area contributed by atoms with E-state index in [1.165, 1.54) is 0 Å². The van der Waals surface area contributed by atoms with Crippen molar-refractivity contribution in [2.45, 2.75) is 29.4 Å². The van der Waals surface area contributed by atoms with Gasteiger partial charge in [0.05, 0.1) is 10.6 Å². The minimum absolute atomic E-state index is 0.121. The summed E-state index contributed by atoms with van der Waals surface area (Å²) >= 11 is 0. The van der Waals surface area contributed by atoms with Crippen LogP contribution in [0.3, 0.4) is 0 Å². The van der Waals surface area contributed by atoms with Crippen molar-refractivity contribution in [3.05, 3.63) is 95.8 Å². The lowest BCUT2D eigenvalue weighted by molar-refractivity contribution is 0.102. The molecular weight excluding hydrogens is 436 g/mol. The smallest absolute Gasteiger partial charge is 0.255 e. The van der Waals surface area contributed by atoms with Gasteiger partial charge in [0, 0.05) is 22.7 Å². The molecule has 0 unspecified atom stereocenters. The minimum atomic E-state index is -3.43. The molecular formula is C25H22N4O3S. The van der Waals surface area contributed by atoms with Crippen LogP contribution in [0.2, 0.25) is 0 Å². The summed E-state index contributed by atoms with van der Waals surface area (Å²) in [5.74, 6) is 1.70. The van der Waals surface area contributed by atoms with E-state index in [4.69, 9.17) is 0 Å². The normalized spacial score (nSPS) is 13.6. The van der Waals surface area contributed by atoms with Crippen LogP contribution in [0.1, 0.15) is 40.5 Å². The highest BCUT2D eigenvalue weighted by atomic mass is 32.2. The number of nitrogens with one attached hydrogen (secondary N) is 2. The Balaban J connectivity index is 1.22. The standard InChI is InChI=1S/C25H22N4O3S/c30-25(20-8-6-17(7-9-20)16-33(31,32)22-4-2-1-3-5-22)26-21-14-12-19(13-15-21)24-27-23(28-29-24)18-10-11-18/h1-9,12-15,18H,10-11,16H2,(H,26,30)(H,27,28,29). The Morgan fingerprint density at radius 1 is 0.939 bits per heavy atom. The summed E-state index contributed by atoms with van der Waals surface area (Å²) in [5.41, 5.74) is 2.59. The van der Waals surface area contributed by atoms with Gasteiger partial charge in [0.25, 0.3) is 5.91 Å². The number of amides is 1. The molecule has 3 aromatic carbocycles. The maximum absolute atomic E-state index is 12.6. The summed E-state index contributed by atoms with van der Waals surface area (Å²) in [6.45, 7) is 0. The fourth-order valence-electron chi connectivity index (χ4n) is 3.53. The highest BCUT2D eigenvalue weighted by Crippen LogP contribution is 2.38. The van der Waals surface area contributed by atoms with Crippen molar-refractivity contribution in [1.29, 1.82) is 0 Å². The Bertz CT molecular complexity index is 1380. The first-order chi connectivity index (χ1) is 16.0. The van der Waals surface area contributed by atoms with E-state index in [0.29, 0.717) is 28.6 Å². The number of benzene rings is 3. The molecule has 1 heterocycles. The molecule has 5 rings (SSSR count). The molecule has 0 aliphatic heterocycles. The minimum Gasteiger partial charge on any atom is -0.322 e. The predicted molar refractivity (Wildman–Crippen MR) is 126 cm³/mol. The zero-order valence-corrected chi connectivity index (χ0v) is 18.5. The Morgan fingerprint density at radius 3 is 2.30 bits per heavy atom. The molecule has 1 saturated carbocycles. The van der Waals surface area contributed by atoms with Crippen LogP contribution in [-0.4, -0.2) is 29.5 Å². The van der Waals surface area contributed by atoms with Crippen molar-refractivity contribution < 1.29 is 13.2 Å². The first-order valence-electron chi connectivity index (χ1n) is 10.7. The molecule has 0 atom stereocenters. The van der Waals surface area contributed by atoms with E-state index < -0.39 is 9.84 Å². The Morgan fingerprint density at radius 2 is 1.64 bits per heavy atom. The summed E-state index contributed by atoms with van der Waals surface area (Å²) in [6.07, 6.45) is 2.31. The van der Waals surface area contributed by atoms with E-state index >= 15 is 0 Å². The maximum atomic E-state index is 12.6. The number of carbonyl (C=O) groups excluding carboxylic acids is 1. The lowest BCUT2D eigenvalue weighted by Crippen LogP contribution is -2.12. The molecule has 0 bridgehead atoms. The number of aromatic nitrogens is 3. The molecule has 4 aromatic rings. The molecule has 1 aliphatic rings. The van der Waals surface area contributed by atoms with Crippen molar-refractivity contribution >= 4 is 21.4 Å². The van der Waals surface area contributed by atoms with Crippen molar-refractivity contribution in [3.63, 3.8) is 0 Å². The topological polar surface area (TPSA) is 105 Å². The van der Waals surface area contributed by atoms with Gasteiger partial charge in [-0.2, -0.15) is 5.10 Å². The summed E-state index contributed by atoms with van der Waals surface area (Å²) in [4.78, 5) is 17.4. The second-order valence-corrected chi connectivity index (χ2v) is 10.1. The monoisotopic (exact) mass is 458 g/mol. The number of nitrogens with zero attached hydrogens (tertiary/aromatic N) is 2. The highest BCUT2D eigenvalue weighted by Gasteiger charge is 2.27. The van der Waals surface area contributed by atoms with Crippen LogP contribution in [0.15, 0.2) is 83.8 Å². The first-order valence-corrected chi connectivity index (χ1v) is 12.3. The van der Waals surface area contributed by atoms with E-state index in [-0.39, 0.29) is 16.6 Å². The molecule has 0 spiro atoms. The van der Waals surface area contributed by atoms with Gasteiger partial charge in [-0.15, -0.1) is 0 Å². The largest absolute Gasteiger partial charge is 0.322 e. The zero-order valence-electron chi connectivity index (χ0n) is 17.7. The van der Waals surface area contributed by atoms with Crippen LogP contribution in [0.4, 0.5) is 5.69 Å². The van der Waals surface area contributed by atoms with Gasteiger partial charge in [-0.3, -0.25) is 9.89 Å². The molecule has 2 N–H and O–H groups in total. The van der Waals surface area contributed by atoms with Gasteiger partial charge in [0.1, 0.15) is 5.82 Å². The van der Waals surface area contributed by atoms with Crippen LogP contribution < -0.4 is 5.32 Å². The average molecular weight is 459 g/mol. The predicted octanol–water partition coefficient (Wildman–Crippen LogP) is 4.58. The molecule has 1 aliphatic carbocycles. The summed E-state index contributed by atoms with van der Waals surface area (Å²) in [6, 6.07) is 22.3. The Hall–Kier alpha value is -3.78. The van der Waals surface area contributed by atoms with Crippen LogP contribution in [0.25, 0.3) is 11.4 Å². The number of H-pyrrole nitrogens is 1. The van der Waals surface area contributed by atoms with Gasteiger partial charge in [-0.25, -0.2) is 13.4 Å². The fraction of sp³-hybridized carbons (Fsp3) is 0.160. The number of anilines is 1. The molecule has 8 heteroatoms. The highest BCUT2D eigenvalue weighted by molar-refractivity contribution is 7.90. The third-order valence-electron chi connectivity index (χ3n) is 5.54. The average Bonchev–Trinajstić information content (AvgIpc) is 3.57. The van der Waals surface area contributed by atoms with E-state index in [1.54, 1.807) is 66.7 Å². The molecule has 0 radical (unpaired) electrons. The SMILES string of the molecule is O=C(Nc1ccc(-c2n[nH]c(C3CC3)n2)cc1)c1ccc(CS(=O)(=O)c2ccccc2)cc1. The maximum Gasteiger partial charge on any atom is 0.255 e. The molecule has 0 saturated heterocycles. The molecule has 33 heavy (non-hydrogen) atoms. The van der Waals surface area contributed by atoms with E-state index in [2.05, 4.69) is 20.5 Å². The van der Waals surface area contributed by atoms with Crippen molar-refractivity contribution in [2.24, 2.45) is 0 Å². The van der Waals surface area contributed by atoms with Crippen LogP contribution in [0.5, 0.6) is 0 Å². The molecule has 1 aromatic heterocycles. The number of rotatable bonds is 7. The van der Waals surface area contributed by atoms with E-state index in [9.17, 15) is 13.2 Å². The second-order valence-electron chi connectivity index (χ2n) is 8.12. The fourth-order valence-corrected chi connectivity index (χ4v) is 4.90. The zero-order chi connectivity index (χ0) is 22.8. The van der Waals surface area contributed by atoms with Crippen LogP contribution in [-0.2, 0) is 15.6 Å². The number of aromatic amines is 1. The van der Waals surface area contributed by atoms with Gasteiger partial charge in [0.2, 0.25) is 0 Å². The molecule has 1 amide bonds. The first kappa shape index (κ1) is 21.1. The van der Waals surface area contributed by atoms with Crippen molar-refractivity contribution in [1.82, 2.24) is 15.2 Å². The number of carbonyl (C=O) groups is 1. The van der Waals surface area contributed by atoms with Gasteiger partial charge in [-0.05, 0) is 66.9 Å².